The molecule has 0 aliphatic carbocycles. The number of amidine groups is 1. The minimum Gasteiger partial charge on any atom is -0.406 e. The fraction of sp³-hybridized carbons (Fsp3) is 0.233. The molecular formula is C30H27F4N7O4S. The average Bonchev–Trinajstić information content (AvgIpc) is 3.62. The Hall–Kier alpha value is -4.96. The standard InChI is InChI=1S/C30H27F4N7O4S/c1-18-4-6-20(15-44-3)25(12-18)41-26(42)16-46-29(41)37-28(43)36-24-11-5-19(13-23(24)31)14-39(2)27-35-17-40(38-27)21-7-9-22(10-8-21)45-30(32,33)34/h4-13,17H,14-16H2,1-3H3,(H,36,43). The summed E-state index contributed by atoms with van der Waals surface area (Å²) in [6.45, 7) is 2.34. The van der Waals surface area contributed by atoms with Crippen LogP contribution >= 0.6 is 11.8 Å². The second-order valence-corrected chi connectivity index (χ2v) is 11.1. The summed E-state index contributed by atoms with van der Waals surface area (Å²) < 4.78 is 62.8. The number of carbonyl (C=O) groups excluding carboxylic acids is 2. The summed E-state index contributed by atoms with van der Waals surface area (Å²) in [4.78, 5) is 36.8. The highest BCUT2D eigenvalue weighted by atomic mass is 32.2. The molecule has 0 unspecified atom stereocenters. The zero-order valence-corrected chi connectivity index (χ0v) is 25.5. The molecule has 1 N–H and O–H groups in total. The van der Waals surface area contributed by atoms with Crippen LogP contribution in [0.15, 0.2) is 72.0 Å². The van der Waals surface area contributed by atoms with E-state index in [4.69, 9.17) is 4.74 Å². The van der Waals surface area contributed by atoms with Gasteiger partial charge in [-0.25, -0.2) is 13.9 Å². The van der Waals surface area contributed by atoms with Gasteiger partial charge in [0.1, 0.15) is 17.9 Å². The van der Waals surface area contributed by atoms with Crippen LogP contribution in [0.1, 0.15) is 16.7 Å². The van der Waals surface area contributed by atoms with Gasteiger partial charge >= 0.3 is 12.4 Å². The molecule has 1 aliphatic rings. The molecule has 0 spiro atoms. The fourth-order valence-corrected chi connectivity index (χ4v) is 5.39. The molecule has 1 aromatic heterocycles. The smallest absolute Gasteiger partial charge is 0.406 e. The van der Waals surface area contributed by atoms with Gasteiger partial charge in [0.05, 0.1) is 29.4 Å². The van der Waals surface area contributed by atoms with Gasteiger partial charge in [0.2, 0.25) is 11.9 Å². The number of ether oxygens (including phenoxy) is 2. The van der Waals surface area contributed by atoms with Crippen LogP contribution in [-0.2, 0) is 22.7 Å². The molecular weight excluding hydrogens is 630 g/mol. The lowest BCUT2D eigenvalue weighted by Crippen LogP contribution is -2.31. The van der Waals surface area contributed by atoms with Crippen LogP contribution in [0.4, 0.5) is 39.7 Å². The van der Waals surface area contributed by atoms with E-state index in [1.165, 1.54) is 40.2 Å². The minimum absolute atomic E-state index is 0.0966. The Balaban J connectivity index is 1.23. The predicted octanol–water partition coefficient (Wildman–Crippen LogP) is 6.06. The van der Waals surface area contributed by atoms with E-state index in [1.54, 1.807) is 25.1 Å². The molecule has 0 radical (unpaired) electrons. The lowest BCUT2D eigenvalue weighted by atomic mass is 10.1. The van der Waals surface area contributed by atoms with E-state index >= 15 is 4.39 Å². The molecule has 3 aromatic carbocycles. The summed E-state index contributed by atoms with van der Waals surface area (Å²) in [6.07, 6.45) is -3.40. The average molecular weight is 658 g/mol. The van der Waals surface area contributed by atoms with Gasteiger partial charge in [-0.2, -0.15) is 9.98 Å². The number of hydrogen-bond donors (Lipinski definition) is 1. The lowest BCUT2D eigenvalue weighted by molar-refractivity contribution is -0.274. The summed E-state index contributed by atoms with van der Waals surface area (Å²) in [5.74, 6) is -0.936. The van der Waals surface area contributed by atoms with Crippen molar-refractivity contribution in [2.45, 2.75) is 26.4 Å². The molecule has 1 fully saturated rings. The first-order valence-corrected chi connectivity index (χ1v) is 14.6. The molecule has 16 heteroatoms. The van der Waals surface area contributed by atoms with Crippen molar-refractivity contribution in [3.8, 4) is 11.4 Å². The number of carbonyl (C=O) groups is 2. The number of nitrogens with zero attached hydrogens (tertiary/aromatic N) is 6. The number of halogens is 4. The van der Waals surface area contributed by atoms with E-state index in [0.29, 0.717) is 16.9 Å². The van der Waals surface area contributed by atoms with E-state index in [0.717, 1.165) is 35.0 Å². The Morgan fingerprint density at radius 3 is 2.59 bits per heavy atom. The summed E-state index contributed by atoms with van der Waals surface area (Å²) in [5.41, 5.74) is 3.12. The normalized spacial score (nSPS) is 14.2. The number of methoxy groups -OCH3 is 1. The van der Waals surface area contributed by atoms with Gasteiger partial charge in [0.25, 0.3) is 0 Å². The maximum absolute atomic E-state index is 15.0. The van der Waals surface area contributed by atoms with Gasteiger partial charge in [0.15, 0.2) is 5.17 Å². The van der Waals surface area contributed by atoms with Gasteiger partial charge < -0.3 is 19.7 Å². The van der Waals surface area contributed by atoms with Crippen molar-refractivity contribution in [2.24, 2.45) is 4.99 Å². The number of aryl methyl sites for hydroxylation is 1. The van der Waals surface area contributed by atoms with E-state index in [-0.39, 0.29) is 47.4 Å². The Kier molecular flexibility index (Phi) is 9.57. The van der Waals surface area contributed by atoms with Crippen LogP contribution in [0, 0.1) is 12.7 Å². The molecule has 3 amide bonds. The van der Waals surface area contributed by atoms with Gasteiger partial charge in [0, 0.05) is 26.3 Å². The van der Waals surface area contributed by atoms with Crippen LogP contribution in [0.5, 0.6) is 5.75 Å². The van der Waals surface area contributed by atoms with Crippen LogP contribution < -0.4 is 19.9 Å². The van der Waals surface area contributed by atoms with E-state index in [9.17, 15) is 22.8 Å². The number of aromatic nitrogens is 3. The van der Waals surface area contributed by atoms with Crippen molar-refractivity contribution in [3.05, 3.63) is 89.5 Å². The molecule has 0 atom stereocenters. The van der Waals surface area contributed by atoms with Gasteiger partial charge in [-0.15, -0.1) is 18.3 Å². The van der Waals surface area contributed by atoms with Gasteiger partial charge in [-0.05, 0) is 60.5 Å². The van der Waals surface area contributed by atoms with E-state index < -0.39 is 18.2 Å². The van der Waals surface area contributed by atoms with Crippen LogP contribution in [-0.4, -0.2) is 58.1 Å². The summed E-state index contributed by atoms with van der Waals surface area (Å²) in [7, 11) is 3.23. The monoisotopic (exact) mass is 657 g/mol. The second-order valence-electron chi connectivity index (χ2n) is 10.1. The second kappa shape index (κ2) is 13.6. The van der Waals surface area contributed by atoms with Crippen molar-refractivity contribution in [1.82, 2.24) is 14.8 Å². The maximum Gasteiger partial charge on any atom is 0.573 e. The van der Waals surface area contributed by atoms with Crippen molar-refractivity contribution in [1.29, 1.82) is 0 Å². The molecule has 240 valence electrons. The molecule has 5 rings (SSSR count). The zero-order chi connectivity index (χ0) is 33.0. The summed E-state index contributed by atoms with van der Waals surface area (Å²) >= 11 is 1.10. The Bertz CT molecular complexity index is 1780. The predicted molar refractivity (Wildman–Crippen MR) is 165 cm³/mol. The number of aliphatic imine (C=N–C) groups is 1. The fourth-order valence-electron chi connectivity index (χ4n) is 4.53. The highest BCUT2D eigenvalue weighted by Crippen LogP contribution is 2.31. The van der Waals surface area contributed by atoms with Crippen molar-refractivity contribution in [2.75, 3.05) is 35.0 Å². The number of rotatable bonds is 9. The van der Waals surface area contributed by atoms with Crippen molar-refractivity contribution < 1.29 is 36.6 Å². The molecule has 1 saturated heterocycles. The number of nitrogens with one attached hydrogen (secondary N) is 1. The van der Waals surface area contributed by atoms with Crippen LogP contribution in [0.2, 0.25) is 0 Å². The molecule has 0 saturated carbocycles. The third-order valence-corrected chi connectivity index (χ3v) is 7.52. The van der Waals surface area contributed by atoms with Crippen molar-refractivity contribution >= 4 is 46.2 Å². The minimum atomic E-state index is -4.79. The van der Waals surface area contributed by atoms with Crippen molar-refractivity contribution in [3.63, 3.8) is 0 Å². The topological polar surface area (TPSA) is 114 Å². The summed E-state index contributed by atoms with van der Waals surface area (Å²) in [5, 5.41) is 6.93. The highest BCUT2D eigenvalue weighted by Gasteiger charge is 2.32. The quantitative estimate of drug-likeness (QED) is 0.216. The zero-order valence-electron chi connectivity index (χ0n) is 24.7. The third kappa shape index (κ3) is 7.81. The van der Waals surface area contributed by atoms with Gasteiger partial charge in [-0.1, -0.05) is 30.0 Å². The number of hydrogen-bond acceptors (Lipinski definition) is 8. The number of thioether (sulfide) groups is 1. The van der Waals surface area contributed by atoms with Crippen LogP contribution in [0.25, 0.3) is 5.69 Å². The molecule has 1 aliphatic heterocycles. The molecule has 2 heterocycles. The maximum atomic E-state index is 15.0. The molecule has 4 aromatic rings. The third-order valence-electron chi connectivity index (χ3n) is 6.60. The van der Waals surface area contributed by atoms with E-state index in [1.807, 2.05) is 25.1 Å². The van der Waals surface area contributed by atoms with Crippen LogP contribution in [0.3, 0.4) is 0 Å². The highest BCUT2D eigenvalue weighted by molar-refractivity contribution is 8.15. The number of benzene rings is 3. The lowest BCUT2D eigenvalue weighted by Gasteiger charge is -2.20. The molecule has 46 heavy (non-hydrogen) atoms. The molecule has 11 nitrogen and oxygen atoms in total. The number of anilines is 3. The first-order valence-electron chi connectivity index (χ1n) is 13.6. The van der Waals surface area contributed by atoms with E-state index in [2.05, 4.69) is 25.1 Å². The summed E-state index contributed by atoms with van der Waals surface area (Å²) in [6, 6.07) is 14.1. The Morgan fingerprint density at radius 1 is 1.13 bits per heavy atom. The Labute approximate surface area is 264 Å². The number of amides is 3. The first-order chi connectivity index (χ1) is 21.9. The Morgan fingerprint density at radius 2 is 1.89 bits per heavy atom. The SMILES string of the molecule is COCc1ccc(C)cc1N1C(=O)CSC1=NC(=O)Nc1ccc(CN(C)c2ncn(-c3ccc(OC(F)(F)F)cc3)n2)cc1F. The number of alkyl halides is 3. The molecule has 0 bridgehead atoms. The van der Waals surface area contributed by atoms with Gasteiger partial charge in [-0.3, -0.25) is 9.69 Å². The largest absolute Gasteiger partial charge is 0.573 e. The number of urea groups is 1. The first kappa shape index (κ1) is 32.4.